The maximum atomic E-state index is 12.9. The Balaban J connectivity index is 1.49. The van der Waals surface area contributed by atoms with E-state index in [-0.39, 0.29) is 17.4 Å². The highest BCUT2D eigenvalue weighted by atomic mass is 16.5. The highest BCUT2D eigenvalue weighted by Gasteiger charge is 2.31. The molecule has 2 N–H and O–H groups in total. The second kappa shape index (κ2) is 8.58. The van der Waals surface area contributed by atoms with Crippen molar-refractivity contribution in [2.24, 2.45) is 5.73 Å². The maximum Gasteiger partial charge on any atom is 0.379 e. The van der Waals surface area contributed by atoms with Crippen LogP contribution in [0.15, 0.2) is 76.5 Å². The van der Waals surface area contributed by atoms with Crippen LogP contribution in [-0.2, 0) is 0 Å². The van der Waals surface area contributed by atoms with Crippen LogP contribution in [0, 0.1) is 25.2 Å². The van der Waals surface area contributed by atoms with Crippen molar-refractivity contribution in [2.45, 2.75) is 19.8 Å². The molecule has 7 nitrogen and oxygen atoms in total. The van der Waals surface area contributed by atoms with Crippen molar-refractivity contribution < 1.29 is 23.4 Å². The van der Waals surface area contributed by atoms with Crippen LogP contribution < -0.4 is 19.9 Å². The lowest BCUT2D eigenvalue weighted by atomic mass is 9.83. The second-order valence-electron chi connectivity index (χ2n) is 8.35. The molecule has 0 fully saturated rings. The summed E-state index contributed by atoms with van der Waals surface area (Å²) in [6.45, 7) is 3.78. The van der Waals surface area contributed by atoms with Crippen molar-refractivity contribution in [3.63, 3.8) is 0 Å². The molecule has 0 radical (unpaired) electrons. The predicted octanol–water partition coefficient (Wildman–Crippen LogP) is 5.50. The van der Waals surface area contributed by atoms with Crippen molar-refractivity contribution in [2.75, 3.05) is 7.11 Å². The van der Waals surface area contributed by atoms with Gasteiger partial charge in [-0.2, -0.15) is 5.26 Å². The van der Waals surface area contributed by atoms with E-state index >= 15 is 0 Å². The summed E-state index contributed by atoms with van der Waals surface area (Å²) in [5.74, 6) is 0.402. The Labute approximate surface area is 201 Å². The number of fused-ring (bicyclic) bond motifs is 2. The number of nitrogens with zero attached hydrogens (tertiary/aromatic N) is 1. The first-order valence-corrected chi connectivity index (χ1v) is 11.0. The largest absolute Gasteiger partial charge is 0.497 e. The van der Waals surface area contributed by atoms with Crippen LogP contribution in [0.2, 0.25) is 0 Å². The fourth-order valence-corrected chi connectivity index (χ4v) is 4.34. The van der Waals surface area contributed by atoms with E-state index in [1.807, 2.05) is 56.3 Å². The molecule has 7 heteroatoms. The Morgan fingerprint density at radius 2 is 1.89 bits per heavy atom. The number of ether oxygens (including phenoxy) is 3. The number of allylic oxidation sites excluding steroid dienone is 1. The van der Waals surface area contributed by atoms with E-state index in [0.717, 1.165) is 22.1 Å². The number of hydrogen-bond acceptors (Lipinski definition) is 7. The van der Waals surface area contributed by atoms with Gasteiger partial charge in [0.05, 0.1) is 13.0 Å². The summed E-state index contributed by atoms with van der Waals surface area (Å²) in [5, 5.41) is 10.6. The molecule has 1 aliphatic rings. The highest BCUT2D eigenvalue weighted by Crippen LogP contribution is 2.44. The van der Waals surface area contributed by atoms with Gasteiger partial charge >= 0.3 is 5.97 Å². The quantitative estimate of drug-likeness (QED) is 0.313. The summed E-state index contributed by atoms with van der Waals surface area (Å²) in [5.41, 5.74) is 10.3. The first kappa shape index (κ1) is 22.1. The van der Waals surface area contributed by atoms with Gasteiger partial charge in [0.1, 0.15) is 34.5 Å². The van der Waals surface area contributed by atoms with Crippen molar-refractivity contribution in [3.05, 3.63) is 100 Å². The van der Waals surface area contributed by atoms with Crippen molar-refractivity contribution in [1.82, 2.24) is 0 Å². The number of aryl methyl sites for hydroxylation is 2. The van der Waals surface area contributed by atoms with Gasteiger partial charge in [-0.25, -0.2) is 4.79 Å². The number of carbonyl (C=O) groups is 1. The zero-order valence-electron chi connectivity index (χ0n) is 19.4. The summed E-state index contributed by atoms with van der Waals surface area (Å²) >= 11 is 0. The molecule has 1 unspecified atom stereocenters. The molecule has 0 aliphatic carbocycles. The molecule has 0 spiro atoms. The van der Waals surface area contributed by atoms with Gasteiger partial charge in [-0.05, 0) is 49.2 Å². The molecule has 4 aromatic rings. The van der Waals surface area contributed by atoms with E-state index in [2.05, 4.69) is 6.07 Å². The lowest BCUT2D eigenvalue weighted by Crippen LogP contribution is -2.21. The fourth-order valence-electron chi connectivity index (χ4n) is 4.34. The zero-order chi connectivity index (χ0) is 24.7. The van der Waals surface area contributed by atoms with E-state index < -0.39 is 11.9 Å². The molecular weight excluding hydrogens is 444 g/mol. The average molecular weight is 466 g/mol. The topological polar surface area (TPSA) is 108 Å². The SMILES string of the molecule is COc1cccc(C2C(C#N)=C(N)Oc3cc(OC(=O)c4oc5cc(C)ccc5c4C)ccc32)c1. The third-order valence-electron chi connectivity index (χ3n) is 6.11. The van der Waals surface area contributed by atoms with Crippen LogP contribution in [0.3, 0.4) is 0 Å². The number of methoxy groups -OCH3 is 1. The number of hydrogen-bond donors (Lipinski definition) is 1. The molecule has 0 saturated heterocycles. The number of benzene rings is 3. The summed E-state index contributed by atoms with van der Waals surface area (Å²) in [4.78, 5) is 12.9. The van der Waals surface area contributed by atoms with E-state index in [1.165, 1.54) is 0 Å². The van der Waals surface area contributed by atoms with Gasteiger partial charge in [-0.1, -0.05) is 30.3 Å². The van der Waals surface area contributed by atoms with Crippen LogP contribution in [-0.4, -0.2) is 13.1 Å². The summed E-state index contributed by atoms with van der Waals surface area (Å²) in [6.07, 6.45) is 0. The lowest BCUT2D eigenvalue weighted by Gasteiger charge is -2.27. The van der Waals surface area contributed by atoms with Crippen LogP contribution in [0.5, 0.6) is 17.2 Å². The van der Waals surface area contributed by atoms with Crippen molar-refractivity contribution in [3.8, 4) is 23.3 Å². The molecule has 3 aromatic carbocycles. The molecular formula is C28H22N2O5. The van der Waals surface area contributed by atoms with E-state index in [4.69, 9.17) is 24.4 Å². The molecule has 2 heterocycles. The highest BCUT2D eigenvalue weighted by molar-refractivity contribution is 5.97. The monoisotopic (exact) mass is 466 g/mol. The van der Waals surface area contributed by atoms with Crippen molar-refractivity contribution in [1.29, 1.82) is 5.26 Å². The van der Waals surface area contributed by atoms with Gasteiger partial charge < -0.3 is 24.4 Å². The van der Waals surface area contributed by atoms with Crippen LogP contribution in [0.4, 0.5) is 0 Å². The van der Waals surface area contributed by atoms with Crippen molar-refractivity contribution >= 4 is 16.9 Å². The van der Waals surface area contributed by atoms with Crippen LogP contribution in [0.1, 0.15) is 38.7 Å². The first-order chi connectivity index (χ1) is 16.9. The van der Waals surface area contributed by atoms with Gasteiger partial charge in [0.2, 0.25) is 11.6 Å². The molecule has 174 valence electrons. The summed E-state index contributed by atoms with van der Waals surface area (Å²) < 4.78 is 22.5. The minimum atomic E-state index is -0.613. The number of furan rings is 1. The van der Waals surface area contributed by atoms with Gasteiger partial charge in [-0.15, -0.1) is 0 Å². The van der Waals surface area contributed by atoms with Gasteiger partial charge in [0.15, 0.2) is 0 Å². The fraction of sp³-hybridized carbons (Fsp3) is 0.143. The summed E-state index contributed by atoms with van der Waals surface area (Å²) in [6, 6.07) is 20.4. The molecule has 0 amide bonds. The molecule has 5 rings (SSSR count). The Morgan fingerprint density at radius 3 is 2.66 bits per heavy atom. The normalized spacial score (nSPS) is 14.7. The predicted molar refractivity (Wildman–Crippen MR) is 129 cm³/mol. The Hall–Kier alpha value is -4.70. The minimum absolute atomic E-state index is 0.000190. The molecule has 35 heavy (non-hydrogen) atoms. The zero-order valence-corrected chi connectivity index (χ0v) is 19.4. The second-order valence-corrected chi connectivity index (χ2v) is 8.35. The molecule has 1 aromatic heterocycles. The molecule has 1 atom stereocenters. The number of esters is 1. The number of rotatable bonds is 4. The van der Waals surface area contributed by atoms with E-state index in [0.29, 0.717) is 28.2 Å². The van der Waals surface area contributed by atoms with Gasteiger partial charge in [-0.3, -0.25) is 0 Å². The first-order valence-electron chi connectivity index (χ1n) is 11.0. The standard InChI is InChI=1S/C28H22N2O5/c1-15-7-9-20-16(2)26(34-23(20)11-15)28(31)33-19-8-10-21-24(13-19)35-27(30)22(14-29)25(21)17-5-4-6-18(12-17)32-3/h4-13,25H,30H2,1-3H3. The number of nitrogens with two attached hydrogens (primary N) is 1. The average Bonchev–Trinajstić information content (AvgIpc) is 3.18. The smallest absolute Gasteiger partial charge is 0.379 e. The maximum absolute atomic E-state index is 12.9. The number of nitriles is 1. The molecule has 0 bridgehead atoms. The third kappa shape index (κ3) is 3.85. The Kier molecular flexibility index (Phi) is 5.42. The van der Waals surface area contributed by atoms with Gasteiger partial charge in [0, 0.05) is 22.6 Å². The molecule has 0 saturated carbocycles. The van der Waals surface area contributed by atoms with E-state index in [9.17, 15) is 10.1 Å². The van der Waals surface area contributed by atoms with Crippen LogP contribution in [0.25, 0.3) is 11.0 Å². The van der Waals surface area contributed by atoms with Gasteiger partial charge in [0.25, 0.3) is 0 Å². The van der Waals surface area contributed by atoms with Crippen LogP contribution >= 0.6 is 0 Å². The third-order valence-corrected chi connectivity index (χ3v) is 6.11. The number of carbonyl (C=O) groups excluding carboxylic acids is 1. The molecule has 1 aliphatic heterocycles. The lowest BCUT2D eigenvalue weighted by molar-refractivity contribution is 0.0702. The van der Waals surface area contributed by atoms with E-state index in [1.54, 1.807) is 25.3 Å². The Morgan fingerprint density at radius 1 is 1.06 bits per heavy atom. The summed E-state index contributed by atoms with van der Waals surface area (Å²) in [7, 11) is 1.58. The Bertz CT molecular complexity index is 1560. The minimum Gasteiger partial charge on any atom is -0.497 e.